The molecule has 1 aromatic carbocycles. The van der Waals surface area contributed by atoms with E-state index in [1.807, 2.05) is 26.8 Å². The molecule has 2 rings (SSSR count). The van der Waals surface area contributed by atoms with Gasteiger partial charge in [0.25, 0.3) is 0 Å². The number of halogens is 1. The summed E-state index contributed by atoms with van der Waals surface area (Å²) >= 11 is 7.34. The van der Waals surface area contributed by atoms with Gasteiger partial charge in [-0.05, 0) is 39.3 Å². The van der Waals surface area contributed by atoms with Crippen molar-refractivity contribution in [3.05, 3.63) is 17.2 Å². The Bertz CT molecular complexity index is 654. The average Bonchev–Trinajstić information content (AvgIpc) is 2.87. The number of fused-ring (bicyclic) bond motifs is 1. The number of hydrogen-bond acceptors (Lipinski definition) is 6. The lowest BCUT2D eigenvalue weighted by molar-refractivity contribution is 0.0528. The fraction of sp³-hybridized carbons (Fsp3) is 0.500. The van der Waals surface area contributed by atoms with Crippen LogP contribution in [0.25, 0.3) is 11.0 Å². The molecule has 0 unspecified atom stereocenters. The maximum Gasteiger partial charge on any atom is 0.407 e. The Labute approximate surface area is 138 Å². The van der Waals surface area contributed by atoms with Gasteiger partial charge in [-0.1, -0.05) is 11.6 Å². The summed E-state index contributed by atoms with van der Waals surface area (Å²) in [4.78, 5) is 11.5. The number of anilines is 1. The van der Waals surface area contributed by atoms with E-state index in [4.69, 9.17) is 16.3 Å². The minimum Gasteiger partial charge on any atom is -0.444 e. The molecule has 120 valence electrons. The van der Waals surface area contributed by atoms with Gasteiger partial charge in [-0.2, -0.15) is 8.75 Å². The van der Waals surface area contributed by atoms with E-state index in [-0.39, 0.29) is 0 Å². The third-order valence-electron chi connectivity index (χ3n) is 2.70. The van der Waals surface area contributed by atoms with Crippen molar-refractivity contribution < 1.29 is 9.53 Å². The zero-order valence-corrected chi connectivity index (χ0v) is 14.3. The monoisotopic (exact) mass is 342 g/mol. The van der Waals surface area contributed by atoms with Crippen LogP contribution in [0.2, 0.25) is 5.02 Å². The molecule has 0 saturated heterocycles. The number of aromatic nitrogens is 2. The number of ether oxygens (including phenoxy) is 1. The molecule has 0 aliphatic rings. The van der Waals surface area contributed by atoms with Gasteiger partial charge in [0, 0.05) is 13.1 Å². The number of rotatable bonds is 5. The molecule has 2 N–H and O–H groups in total. The SMILES string of the molecule is CC(C)(C)OC(=O)NCCCNc1c(Cl)ccc2nsnc12. The Hall–Kier alpha value is -1.60. The highest BCUT2D eigenvalue weighted by Gasteiger charge is 2.15. The van der Waals surface area contributed by atoms with Gasteiger partial charge in [-0.3, -0.25) is 0 Å². The van der Waals surface area contributed by atoms with Crippen LogP contribution in [0.5, 0.6) is 0 Å². The van der Waals surface area contributed by atoms with Crippen molar-refractivity contribution in [1.82, 2.24) is 14.1 Å². The summed E-state index contributed by atoms with van der Waals surface area (Å²) in [6.07, 6.45) is 0.333. The Morgan fingerprint density at radius 1 is 1.32 bits per heavy atom. The van der Waals surface area contributed by atoms with Crippen LogP contribution in [0.4, 0.5) is 10.5 Å². The molecule has 22 heavy (non-hydrogen) atoms. The lowest BCUT2D eigenvalue weighted by Crippen LogP contribution is -2.33. The molecule has 0 spiro atoms. The number of alkyl carbamates (subject to hydrolysis) is 1. The summed E-state index contributed by atoms with van der Waals surface area (Å²) < 4.78 is 13.6. The van der Waals surface area contributed by atoms with Crippen LogP contribution in [-0.4, -0.2) is 33.5 Å². The van der Waals surface area contributed by atoms with Crippen LogP contribution in [0.15, 0.2) is 12.1 Å². The van der Waals surface area contributed by atoms with Crippen molar-refractivity contribution in [2.75, 3.05) is 18.4 Å². The molecule has 0 saturated carbocycles. The number of benzene rings is 1. The molecule has 1 amide bonds. The molecular formula is C14H19ClN4O2S. The molecule has 0 radical (unpaired) electrons. The smallest absolute Gasteiger partial charge is 0.407 e. The first-order chi connectivity index (χ1) is 10.4. The average molecular weight is 343 g/mol. The van der Waals surface area contributed by atoms with Gasteiger partial charge in [-0.25, -0.2) is 4.79 Å². The van der Waals surface area contributed by atoms with Crippen molar-refractivity contribution in [2.24, 2.45) is 0 Å². The van der Waals surface area contributed by atoms with E-state index in [1.165, 1.54) is 0 Å². The molecule has 0 atom stereocenters. The normalized spacial score (nSPS) is 11.5. The minimum absolute atomic E-state index is 0.406. The van der Waals surface area contributed by atoms with Crippen LogP contribution in [0.3, 0.4) is 0 Å². The van der Waals surface area contributed by atoms with E-state index in [9.17, 15) is 4.79 Å². The van der Waals surface area contributed by atoms with Crippen LogP contribution in [0, 0.1) is 0 Å². The van der Waals surface area contributed by atoms with Gasteiger partial charge >= 0.3 is 6.09 Å². The second-order valence-corrected chi connectivity index (χ2v) is 6.70. The van der Waals surface area contributed by atoms with E-state index in [2.05, 4.69) is 19.4 Å². The molecule has 2 aromatic rings. The quantitative estimate of drug-likeness (QED) is 0.811. The summed E-state index contributed by atoms with van der Waals surface area (Å²) in [5, 5.41) is 6.57. The Balaban J connectivity index is 1.78. The van der Waals surface area contributed by atoms with E-state index >= 15 is 0 Å². The maximum absolute atomic E-state index is 11.5. The Morgan fingerprint density at radius 3 is 2.82 bits per heavy atom. The lowest BCUT2D eigenvalue weighted by atomic mass is 10.2. The second kappa shape index (κ2) is 7.11. The van der Waals surface area contributed by atoms with Crippen molar-refractivity contribution in [3.8, 4) is 0 Å². The van der Waals surface area contributed by atoms with Gasteiger partial charge in [0.2, 0.25) is 0 Å². The van der Waals surface area contributed by atoms with Gasteiger partial charge in [0.05, 0.1) is 22.4 Å². The van der Waals surface area contributed by atoms with Crippen LogP contribution in [-0.2, 0) is 4.74 Å². The predicted octanol–water partition coefficient (Wildman–Crippen LogP) is 3.67. The number of amides is 1. The Morgan fingerprint density at radius 2 is 2.09 bits per heavy atom. The molecule has 0 bridgehead atoms. The Kier molecular flexibility index (Phi) is 5.42. The fourth-order valence-electron chi connectivity index (χ4n) is 1.80. The highest BCUT2D eigenvalue weighted by molar-refractivity contribution is 7.00. The van der Waals surface area contributed by atoms with Crippen LogP contribution in [0.1, 0.15) is 27.2 Å². The van der Waals surface area contributed by atoms with E-state index in [0.29, 0.717) is 18.1 Å². The van der Waals surface area contributed by atoms with E-state index in [0.717, 1.165) is 34.9 Å². The summed E-state index contributed by atoms with van der Waals surface area (Å²) in [6.45, 7) is 6.67. The number of nitrogens with zero attached hydrogens (tertiary/aromatic N) is 2. The zero-order valence-electron chi connectivity index (χ0n) is 12.8. The van der Waals surface area contributed by atoms with Gasteiger partial charge in [0.1, 0.15) is 16.6 Å². The van der Waals surface area contributed by atoms with Crippen LogP contribution >= 0.6 is 23.3 Å². The number of carbonyl (C=O) groups excluding carboxylic acids is 1. The summed E-state index contributed by atoms with van der Waals surface area (Å²) in [6, 6.07) is 3.64. The number of hydrogen-bond donors (Lipinski definition) is 2. The fourth-order valence-corrected chi connectivity index (χ4v) is 2.56. The van der Waals surface area contributed by atoms with Crippen molar-refractivity contribution in [3.63, 3.8) is 0 Å². The van der Waals surface area contributed by atoms with Gasteiger partial charge in [-0.15, -0.1) is 0 Å². The first-order valence-corrected chi connectivity index (χ1v) is 8.09. The zero-order chi connectivity index (χ0) is 16.2. The lowest BCUT2D eigenvalue weighted by Gasteiger charge is -2.19. The summed E-state index contributed by atoms with van der Waals surface area (Å²) in [5.41, 5.74) is 1.90. The van der Waals surface area contributed by atoms with E-state index < -0.39 is 11.7 Å². The molecule has 1 aromatic heterocycles. The number of carbonyl (C=O) groups is 1. The second-order valence-electron chi connectivity index (χ2n) is 5.76. The molecule has 0 aliphatic heterocycles. The molecule has 1 heterocycles. The van der Waals surface area contributed by atoms with E-state index in [1.54, 1.807) is 6.07 Å². The predicted molar refractivity (Wildman–Crippen MR) is 89.8 cm³/mol. The third-order valence-corrected chi connectivity index (χ3v) is 3.56. The first kappa shape index (κ1) is 16.8. The maximum atomic E-state index is 11.5. The standard InChI is InChI=1S/C14H19ClN4O2S/c1-14(2,3)21-13(20)17-8-4-7-16-11-9(15)5-6-10-12(11)19-22-18-10/h5-6,16H,4,7-8H2,1-3H3,(H,17,20). The molecule has 6 nitrogen and oxygen atoms in total. The van der Waals surface area contributed by atoms with Crippen molar-refractivity contribution >= 4 is 46.1 Å². The van der Waals surface area contributed by atoms with Crippen molar-refractivity contribution in [1.29, 1.82) is 0 Å². The molecule has 0 fully saturated rings. The highest BCUT2D eigenvalue weighted by Crippen LogP contribution is 2.29. The largest absolute Gasteiger partial charge is 0.444 e. The van der Waals surface area contributed by atoms with Crippen LogP contribution < -0.4 is 10.6 Å². The molecule has 8 heteroatoms. The molecular weight excluding hydrogens is 324 g/mol. The first-order valence-electron chi connectivity index (χ1n) is 6.98. The van der Waals surface area contributed by atoms with Crippen molar-refractivity contribution in [2.45, 2.75) is 32.8 Å². The summed E-state index contributed by atoms with van der Waals surface area (Å²) in [7, 11) is 0. The highest BCUT2D eigenvalue weighted by atomic mass is 35.5. The van der Waals surface area contributed by atoms with Gasteiger partial charge < -0.3 is 15.4 Å². The topological polar surface area (TPSA) is 76.1 Å². The molecule has 0 aliphatic carbocycles. The van der Waals surface area contributed by atoms with Gasteiger partial charge in [0.15, 0.2) is 0 Å². The third kappa shape index (κ3) is 4.71. The number of nitrogens with one attached hydrogen (secondary N) is 2. The minimum atomic E-state index is -0.483. The summed E-state index contributed by atoms with van der Waals surface area (Å²) in [5.74, 6) is 0.